The van der Waals surface area contributed by atoms with Crippen molar-refractivity contribution in [3.05, 3.63) is 89.5 Å². The minimum atomic E-state index is -0.864. The summed E-state index contributed by atoms with van der Waals surface area (Å²) in [7, 11) is 0. The third-order valence-corrected chi connectivity index (χ3v) is 3.85. The van der Waals surface area contributed by atoms with Crippen molar-refractivity contribution in [1.82, 2.24) is 4.98 Å². The molecule has 0 aliphatic carbocycles. The lowest BCUT2D eigenvalue weighted by atomic mass is 10.1. The highest BCUT2D eigenvalue weighted by molar-refractivity contribution is 6.03. The zero-order valence-corrected chi connectivity index (χ0v) is 14.2. The summed E-state index contributed by atoms with van der Waals surface area (Å²) in [6.45, 7) is 0.554. The van der Waals surface area contributed by atoms with Gasteiger partial charge in [0, 0.05) is 18.4 Å². The summed E-state index contributed by atoms with van der Waals surface area (Å²) < 4.78 is 40.2. The summed E-state index contributed by atoms with van der Waals surface area (Å²) in [5.74, 6) is -2.74. The summed E-state index contributed by atoms with van der Waals surface area (Å²) >= 11 is 0. The lowest BCUT2D eigenvalue weighted by Crippen LogP contribution is -2.16. The Hall–Kier alpha value is -3.35. The van der Waals surface area contributed by atoms with Gasteiger partial charge < -0.3 is 10.6 Å². The molecule has 27 heavy (non-hydrogen) atoms. The molecule has 0 aliphatic rings. The van der Waals surface area contributed by atoms with Crippen molar-refractivity contribution in [3.8, 4) is 0 Å². The van der Waals surface area contributed by atoms with Crippen LogP contribution < -0.4 is 10.6 Å². The Balaban J connectivity index is 1.62. The Bertz CT molecular complexity index is 925. The van der Waals surface area contributed by atoms with Crippen LogP contribution in [0.1, 0.15) is 16.1 Å². The van der Waals surface area contributed by atoms with E-state index in [0.29, 0.717) is 18.7 Å². The summed E-state index contributed by atoms with van der Waals surface area (Å²) in [6.07, 6.45) is 2.08. The highest BCUT2D eigenvalue weighted by Crippen LogP contribution is 2.19. The molecule has 1 aromatic heterocycles. The van der Waals surface area contributed by atoms with E-state index < -0.39 is 23.2 Å². The van der Waals surface area contributed by atoms with Crippen molar-refractivity contribution in [1.29, 1.82) is 0 Å². The summed E-state index contributed by atoms with van der Waals surface area (Å²) in [5.41, 5.74) is 1.10. The van der Waals surface area contributed by atoms with Gasteiger partial charge in [0.1, 0.15) is 28.8 Å². The van der Waals surface area contributed by atoms with Crippen molar-refractivity contribution in [2.45, 2.75) is 6.42 Å². The van der Waals surface area contributed by atoms with Gasteiger partial charge in [-0.3, -0.25) is 9.78 Å². The van der Waals surface area contributed by atoms with Crippen LogP contribution in [0.4, 0.5) is 24.5 Å². The fraction of sp³-hybridized carbons (Fsp3) is 0.100. The molecule has 7 heteroatoms. The molecule has 0 aliphatic heterocycles. The van der Waals surface area contributed by atoms with Crippen LogP contribution in [-0.2, 0) is 6.42 Å². The average Bonchev–Trinajstić information content (AvgIpc) is 2.66. The van der Waals surface area contributed by atoms with Crippen molar-refractivity contribution >= 4 is 17.3 Å². The predicted molar refractivity (Wildman–Crippen MR) is 97.1 cm³/mol. The van der Waals surface area contributed by atoms with E-state index >= 15 is 0 Å². The number of carbonyl (C=O) groups is 1. The summed E-state index contributed by atoms with van der Waals surface area (Å²) in [4.78, 5) is 16.2. The second kappa shape index (κ2) is 8.35. The van der Waals surface area contributed by atoms with E-state index in [1.54, 1.807) is 18.2 Å². The van der Waals surface area contributed by atoms with Crippen LogP contribution in [-0.4, -0.2) is 17.4 Å². The molecule has 0 saturated carbocycles. The third-order valence-electron chi connectivity index (χ3n) is 3.85. The number of halogens is 3. The Morgan fingerprint density at radius 1 is 0.963 bits per heavy atom. The zero-order chi connectivity index (χ0) is 19.2. The van der Waals surface area contributed by atoms with E-state index in [0.717, 1.165) is 17.7 Å². The van der Waals surface area contributed by atoms with Crippen LogP contribution >= 0.6 is 0 Å². The minimum absolute atomic E-state index is 0.0180. The largest absolute Gasteiger partial charge is 0.385 e. The first kappa shape index (κ1) is 18.4. The smallest absolute Gasteiger partial charge is 0.274 e. The van der Waals surface area contributed by atoms with Gasteiger partial charge in [-0.2, -0.15) is 0 Å². The quantitative estimate of drug-likeness (QED) is 0.675. The number of aromatic nitrogens is 1. The average molecular weight is 371 g/mol. The minimum Gasteiger partial charge on any atom is -0.385 e. The highest BCUT2D eigenvalue weighted by atomic mass is 19.1. The number of nitrogens with one attached hydrogen (secondary N) is 2. The van der Waals surface area contributed by atoms with Crippen LogP contribution in [0.25, 0.3) is 0 Å². The summed E-state index contributed by atoms with van der Waals surface area (Å²) in [5, 5.41) is 5.32. The maximum absolute atomic E-state index is 13.6. The Kier molecular flexibility index (Phi) is 5.71. The zero-order valence-electron chi connectivity index (χ0n) is 14.2. The molecule has 138 valence electrons. The molecule has 1 heterocycles. The van der Waals surface area contributed by atoms with Crippen molar-refractivity contribution in [2.24, 2.45) is 0 Å². The standard InChI is InChI=1S/C20H16F3N3O/c21-14-6-4-13(5-7-14)8-10-24-15-9-11-25-18(12-15)20(27)26-19-16(22)2-1-3-17(19)23/h1-7,9,11-12H,8,10H2,(H,24,25)(H,26,27). The Labute approximate surface area is 154 Å². The van der Waals surface area contributed by atoms with Gasteiger partial charge >= 0.3 is 0 Å². The molecule has 4 nitrogen and oxygen atoms in total. The fourth-order valence-corrected chi connectivity index (χ4v) is 2.46. The molecule has 0 radical (unpaired) electrons. The van der Waals surface area contributed by atoms with Gasteiger partial charge in [-0.1, -0.05) is 18.2 Å². The van der Waals surface area contributed by atoms with Crippen LogP contribution in [0.3, 0.4) is 0 Å². The fourth-order valence-electron chi connectivity index (χ4n) is 2.46. The van der Waals surface area contributed by atoms with Gasteiger partial charge in [-0.15, -0.1) is 0 Å². The molecule has 0 spiro atoms. The number of hydrogen-bond donors (Lipinski definition) is 2. The third kappa shape index (κ3) is 4.84. The predicted octanol–water partition coefficient (Wildman–Crippen LogP) is 4.41. The number of hydrogen-bond acceptors (Lipinski definition) is 3. The Morgan fingerprint density at radius 2 is 1.67 bits per heavy atom. The molecular weight excluding hydrogens is 355 g/mol. The van der Waals surface area contributed by atoms with Crippen LogP contribution in [0, 0.1) is 17.5 Å². The lowest BCUT2D eigenvalue weighted by molar-refractivity contribution is 0.102. The SMILES string of the molecule is O=C(Nc1c(F)cccc1F)c1cc(NCCc2ccc(F)cc2)ccn1. The van der Waals surface area contributed by atoms with Crippen molar-refractivity contribution < 1.29 is 18.0 Å². The first-order valence-electron chi connectivity index (χ1n) is 8.22. The number of para-hydroxylation sites is 1. The molecule has 0 atom stereocenters. The first-order valence-corrected chi connectivity index (χ1v) is 8.22. The second-order valence-corrected chi connectivity index (χ2v) is 5.78. The molecule has 2 N–H and O–H groups in total. The highest BCUT2D eigenvalue weighted by Gasteiger charge is 2.14. The van der Waals surface area contributed by atoms with Crippen molar-refractivity contribution in [3.63, 3.8) is 0 Å². The van der Waals surface area contributed by atoms with Crippen molar-refractivity contribution in [2.75, 3.05) is 17.2 Å². The molecule has 0 bridgehead atoms. The topological polar surface area (TPSA) is 54.0 Å². The van der Waals surface area contributed by atoms with Crippen LogP contribution in [0.15, 0.2) is 60.8 Å². The number of anilines is 2. The lowest BCUT2D eigenvalue weighted by Gasteiger charge is -2.09. The number of rotatable bonds is 6. The number of amides is 1. The Morgan fingerprint density at radius 3 is 2.37 bits per heavy atom. The molecule has 0 fully saturated rings. The number of carbonyl (C=O) groups excluding carboxylic acids is 1. The van der Waals surface area contributed by atoms with E-state index in [1.165, 1.54) is 30.5 Å². The van der Waals surface area contributed by atoms with Gasteiger partial charge in [0.25, 0.3) is 5.91 Å². The van der Waals surface area contributed by atoms with Gasteiger partial charge in [-0.05, 0) is 48.4 Å². The monoisotopic (exact) mass is 371 g/mol. The maximum Gasteiger partial charge on any atom is 0.274 e. The molecule has 2 aromatic carbocycles. The van der Waals surface area contributed by atoms with Gasteiger partial charge in [0.05, 0.1) is 0 Å². The maximum atomic E-state index is 13.6. The van der Waals surface area contributed by atoms with Gasteiger partial charge in [0.15, 0.2) is 0 Å². The van der Waals surface area contributed by atoms with E-state index in [-0.39, 0.29) is 11.5 Å². The first-order chi connectivity index (χ1) is 13.0. The van der Waals surface area contributed by atoms with E-state index in [4.69, 9.17) is 0 Å². The number of nitrogens with zero attached hydrogens (tertiary/aromatic N) is 1. The van der Waals surface area contributed by atoms with E-state index in [9.17, 15) is 18.0 Å². The molecule has 0 unspecified atom stereocenters. The molecule has 1 amide bonds. The van der Waals surface area contributed by atoms with Crippen LogP contribution in [0.5, 0.6) is 0 Å². The van der Waals surface area contributed by atoms with E-state index in [2.05, 4.69) is 15.6 Å². The van der Waals surface area contributed by atoms with Gasteiger partial charge in [0.2, 0.25) is 0 Å². The van der Waals surface area contributed by atoms with E-state index in [1.807, 2.05) is 0 Å². The summed E-state index contributed by atoms with van der Waals surface area (Å²) in [6, 6.07) is 12.7. The number of pyridine rings is 1. The van der Waals surface area contributed by atoms with Gasteiger partial charge in [-0.25, -0.2) is 13.2 Å². The number of benzene rings is 2. The normalized spacial score (nSPS) is 10.5. The van der Waals surface area contributed by atoms with Crippen LogP contribution in [0.2, 0.25) is 0 Å². The second-order valence-electron chi connectivity index (χ2n) is 5.78. The molecule has 0 saturated heterocycles. The molecule has 3 rings (SSSR count). The molecule has 3 aromatic rings. The molecular formula is C20H16F3N3O.